The van der Waals surface area contributed by atoms with Crippen molar-refractivity contribution in [2.45, 2.75) is 156 Å². The van der Waals surface area contributed by atoms with Crippen LogP contribution in [-0.2, 0) is 19.5 Å². The van der Waals surface area contributed by atoms with Crippen molar-refractivity contribution in [1.29, 1.82) is 0 Å². The lowest BCUT2D eigenvalue weighted by Gasteiger charge is -2.06. The van der Waals surface area contributed by atoms with Crippen LogP contribution in [0.2, 0.25) is 0 Å². The molecule has 0 fully saturated rings. The number of imidazole rings is 1. The Morgan fingerprint density at radius 3 is 1.59 bits per heavy atom. The lowest BCUT2D eigenvalue weighted by molar-refractivity contribution is -0.703. The molecule has 1 rings (SSSR count). The number of aryl methyl sites for hydroxylation is 2. The van der Waals surface area contributed by atoms with Crippen LogP contribution in [0.3, 0.4) is 0 Å². The summed E-state index contributed by atoms with van der Waals surface area (Å²) in [5.41, 5.74) is 0. The molecule has 1 heterocycles. The van der Waals surface area contributed by atoms with E-state index in [-0.39, 0.29) is 0 Å². The summed E-state index contributed by atoms with van der Waals surface area (Å²) in [4.78, 5) is 0. The maximum Gasteiger partial charge on any atom is 0.256 e. The first-order chi connectivity index (χ1) is 14.3. The molecule has 0 aliphatic carbocycles. The number of hydrogen-bond acceptors (Lipinski definition) is 0. The first-order valence-corrected chi connectivity index (χ1v) is 13.4. The largest absolute Gasteiger partial charge is 0.256 e. The molecular weight excluding hydrogens is 352 g/mol. The van der Waals surface area contributed by atoms with E-state index in [1.54, 1.807) is 5.82 Å². The van der Waals surface area contributed by atoms with E-state index in [0.717, 1.165) is 0 Å². The third kappa shape index (κ3) is 13.2. The first-order valence-electron chi connectivity index (χ1n) is 13.4. The van der Waals surface area contributed by atoms with Crippen LogP contribution in [0.4, 0.5) is 0 Å². The molecule has 1 aromatic heterocycles. The Bertz CT molecular complexity index is 463. The molecular formula is C27H53N2+. The molecule has 0 atom stereocenters. The van der Waals surface area contributed by atoms with Gasteiger partial charge in [-0.15, -0.1) is 0 Å². The third-order valence-corrected chi connectivity index (χ3v) is 6.31. The fraction of sp³-hybridized carbons (Fsp3) is 0.889. The van der Waals surface area contributed by atoms with E-state index in [4.69, 9.17) is 0 Å². The van der Waals surface area contributed by atoms with Crippen molar-refractivity contribution in [3.8, 4) is 0 Å². The van der Waals surface area contributed by atoms with Gasteiger partial charge >= 0.3 is 0 Å². The van der Waals surface area contributed by atoms with Gasteiger partial charge in [0.15, 0.2) is 0 Å². The van der Waals surface area contributed by atoms with E-state index in [0.29, 0.717) is 0 Å². The highest BCUT2D eigenvalue weighted by Crippen LogP contribution is 2.13. The Morgan fingerprint density at radius 1 is 0.586 bits per heavy atom. The number of hydrogen-bond donors (Lipinski definition) is 0. The molecule has 2 nitrogen and oxygen atoms in total. The molecule has 0 aliphatic rings. The molecule has 0 unspecified atom stereocenters. The normalized spacial score (nSPS) is 11.4. The lowest BCUT2D eigenvalue weighted by Crippen LogP contribution is -2.37. The van der Waals surface area contributed by atoms with E-state index in [2.05, 4.69) is 42.3 Å². The van der Waals surface area contributed by atoms with E-state index in [1.165, 1.54) is 135 Å². The average Bonchev–Trinajstić information content (AvgIpc) is 3.10. The van der Waals surface area contributed by atoms with Crippen LogP contribution >= 0.6 is 0 Å². The van der Waals surface area contributed by atoms with Crippen molar-refractivity contribution >= 4 is 0 Å². The average molecular weight is 406 g/mol. The molecule has 29 heavy (non-hydrogen) atoms. The van der Waals surface area contributed by atoms with E-state index in [9.17, 15) is 0 Å². The second kappa shape index (κ2) is 19.2. The summed E-state index contributed by atoms with van der Waals surface area (Å²) < 4.78 is 5.09. The Hall–Kier alpha value is -0.790. The fourth-order valence-corrected chi connectivity index (χ4v) is 4.44. The van der Waals surface area contributed by atoms with Gasteiger partial charge in [0.1, 0.15) is 12.4 Å². The zero-order valence-corrected chi connectivity index (χ0v) is 20.4. The van der Waals surface area contributed by atoms with Crippen LogP contribution in [0.15, 0.2) is 12.4 Å². The van der Waals surface area contributed by atoms with Crippen LogP contribution < -0.4 is 4.57 Å². The van der Waals surface area contributed by atoms with Gasteiger partial charge in [-0.25, -0.2) is 9.13 Å². The maximum absolute atomic E-state index is 2.56. The number of nitrogens with zero attached hydrogens (tertiary/aromatic N) is 2. The van der Waals surface area contributed by atoms with Crippen molar-refractivity contribution in [3.05, 3.63) is 18.2 Å². The molecule has 0 spiro atoms. The molecule has 0 aliphatic heterocycles. The molecule has 0 N–H and O–H groups in total. The topological polar surface area (TPSA) is 8.81 Å². The zero-order valence-electron chi connectivity index (χ0n) is 20.4. The summed E-state index contributed by atoms with van der Waals surface area (Å²) in [5, 5.41) is 0. The molecule has 2 heteroatoms. The summed E-state index contributed by atoms with van der Waals surface area (Å²) in [5.74, 6) is 1.58. The Kier molecular flexibility index (Phi) is 17.4. The first kappa shape index (κ1) is 26.2. The van der Waals surface area contributed by atoms with Gasteiger partial charge in [-0.05, 0) is 25.7 Å². The SMILES string of the molecule is CCCCCCCCCCCCc1n(CCCCCCCCC)cc[n+]1CCC. The van der Waals surface area contributed by atoms with Crippen molar-refractivity contribution in [3.63, 3.8) is 0 Å². The van der Waals surface area contributed by atoms with Crippen LogP contribution in [0.5, 0.6) is 0 Å². The molecule has 0 radical (unpaired) electrons. The molecule has 170 valence electrons. The van der Waals surface area contributed by atoms with Gasteiger partial charge in [-0.1, -0.05) is 111 Å². The molecule has 0 aromatic carbocycles. The van der Waals surface area contributed by atoms with Crippen molar-refractivity contribution < 1.29 is 4.57 Å². The summed E-state index contributed by atoms with van der Waals surface area (Å²) in [6, 6.07) is 0. The Labute approximate surface area is 183 Å². The number of unbranched alkanes of at least 4 members (excludes halogenated alkanes) is 15. The van der Waals surface area contributed by atoms with Crippen LogP contribution in [0, 0.1) is 0 Å². The second-order valence-corrected chi connectivity index (χ2v) is 9.15. The minimum atomic E-state index is 1.18. The van der Waals surface area contributed by atoms with Crippen molar-refractivity contribution in [2.24, 2.45) is 0 Å². The van der Waals surface area contributed by atoms with Crippen molar-refractivity contribution in [2.75, 3.05) is 0 Å². The van der Waals surface area contributed by atoms with Gasteiger partial charge in [-0.2, -0.15) is 0 Å². The van der Waals surface area contributed by atoms with Crippen molar-refractivity contribution in [1.82, 2.24) is 4.57 Å². The standard InChI is InChI=1S/C27H53N2/c1-4-7-9-11-13-14-15-16-18-20-22-27-28(23-6-3)25-26-29(27)24-21-19-17-12-10-8-5-2/h25-26H,4-24H2,1-3H3/q+1. The van der Waals surface area contributed by atoms with Crippen LogP contribution in [0.25, 0.3) is 0 Å². The summed E-state index contributed by atoms with van der Waals surface area (Å²) >= 11 is 0. The minimum absolute atomic E-state index is 1.18. The molecule has 0 amide bonds. The van der Waals surface area contributed by atoms with Gasteiger partial charge < -0.3 is 0 Å². The predicted molar refractivity (Wildman–Crippen MR) is 128 cm³/mol. The van der Waals surface area contributed by atoms with E-state index < -0.39 is 0 Å². The molecule has 0 bridgehead atoms. The van der Waals surface area contributed by atoms with Gasteiger partial charge in [0.05, 0.1) is 13.1 Å². The second-order valence-electron chi connectivity index (χ2n) is 9.15. The summed E-state index contributed by atoms with van der Waals surface area (Å²) in [6.07, 6.45) is 31.2. The van der Waals surface area contributed by atoms with E-state index in [1.807, 2.05) is 0 Å². The highest BCUT2D eigenvalue weighted by molar-refractivity contribution is 4.84. The Morgan fingerprint density at radius 2 is 1.07 bits per heavy atom. The fourth-order valence-electron chi connectivity index (χ4n) is 4.44. The summed E-state index contributed by atoms with van der Waals surface area (Å²) in [7, 11) is 0. The van der Waals surface area contributed by atoms with Crippen LogP contribution in [0.1, 0.15) is 142 Å². The predicted octanol–water partition coefficient (Wildman–Crippen LogP) is 8.40. The molecule has 0 saturated heterocycles. The quantitative estimate of drug-likeness (QED) is 0.143. The van der Waals surface area contributed by atoms with E-state index >= 15 is 0 Å². The van der Waals surface area contributed by atoms with Gasteiger partial charge in [0.25, 0.3) is 5.82 Å². The zero-order chi connectivity index (χ0) is 21.0. The third-order valence-electron chi connectivity index (χ3n) is 6.31. The maximum atomic E-state index is 2.56. The van der Waals surface area contributed by atoms with Gasteiger partial charge in [0.2, 0.25) is 0 Å². The highest BCUT2D eigenvalue weighted by Gasteiger charge is 2.15. The Balaban J connectivity index is 2.22. The molecule has 0 saturated carbocycles. The van der Waals surface area contributed by atoms with Gasteiger partial charge in [-0.3, -0.25) is 0 Å². The smallest absolute Gasteiger partial charge is 0.234 e. The lowest BCUT2D eigenvalue weighted by atomic mass is 10.1. The minimum Gasteiger partial charge on any atom is -0.234 e. The van der Waals surface area contributed by atoms with Gasteiger partial charge in [0, 0.05) is 6.42 Å². The monoisotopic (exact) mass is 405 g/mol. The summed E-state index contributed by atoms with van der Waals surface area (Å²) in [6.45, 7) is 9.29. The van der Waals surface area contributed by atoms with Crippen LogP contribution in [-0.4, -0.2) is 4.57 Å². The number of aromatic nitrogens is 2. The highest BCUT2D eigenvalue weighted by atomic mass is 15.1. The molecule has 1 aromatic rings. The number of rotatable bonds is 21.